The van der Waals surface area contributed by atoms with Gasteiger partial charge < -0.3 is 5.73 Å². The first kappa shape index (κ1) is 9.57. The van der Waals surface area contributed by atoms with Crippen molar-refractivity contribution in [2.75, 3.05) is 11.4 Å². The van der Waals surface area contributed by atoms with Crippen molar-refractivity contribution in [2.45, 2.75) is 19.8 Å². The van der Waals surface area contributed by atoms with Gasteiger partial charge in [0.05, 0.1) is 6.20 Å². The van der Waals surface area contributed by atoms with Gasteiger partial charge in [0.2, 0.25) is 0 Å². The van der Waals surface area contributed by atoms with Crippen LogP contribution in [0.15, 0.2) is 12.3 Å². The molecule has 0 saturated heterocycles. The van der Waals surface area contributed by atoms with Crippen LogP contribution in [0.3, 0.4) is 0 Å². The van der Waals surface area contributed by atoms with Crippen molar-refractivity contribution < 1.29 is 4.79 Å². The molecule has 0 bridgehead atoms. The summed E-state index contributed by atoms with van der Waals surface area (Å²) >= 11 is 0. The second-order valence-corrected chi connectivity index (χ2v) is 2.79. The Bertz CT molecular complexity index is 257. The number of aromatic amines is 1. The van der Waals surface area contributed by atoms with Crippen molar-refractivity contribution in [3.8, 4) is 0 Å². The summed E-state index contributed by atoms with van der Waals surface area (Å²) in [4.78, 5) is 12.5. The predicted molar refractivity (Wildman–Crippen MR) is 50.4 cm³/mol. The molecule has 5 nitrogen and oxygen atoms in total. The van der Waals surface area contributed by atoms with E-state index in [2.05, 4.69) is 17.1 Å². The van der Waals surface area contributed by atoms with Crippen LogP contribution in [0.1, 0.15) is 19.8 Å². The summed E-state index contributed by atoms with van der Waals surface area (Å²) in [6.07, 6.45) is 3.55. The minimum atomic E-state index is -0.447. The average molecular weight is 182 g/mol. The quantitative estimate of drug-likeness (QED) is 0.731. The van der Waals surface area contributed by atoms with E-state index in [1.807, 2.05) is 0 Å². The van der Waals surface area contributed by atoms with E-state index in [9.17, 15) is 4.79 Å². The number of aromatic nitrogens is 2. The summed E-state index contributed by atoms with van der Waals surface area (Å²) in [6, 6.07) is 1.28. The third-order valence-electron chi connectivity index (χ3n) is 1.78. The smallest absolute Gasteiger partial charge is 0.320 e. The lowest BCUT2D eigenvalue weighted by molar-refractivity contribution is 0.253. The molecule has 5 heteroatoms. The minimum absolute atomic E-state index is 0.447. The van der Waals surface area contributed by atoms with Gasteiger partial charge in [-0.1, -0.05) is 13.3 Å². The van der Waals surface area contributed by atoms with Crippen LogP contribution in [0.2, 0.25) is 0 Å². The van der Waals surface area contributed by atoms with Gasteiger partial charge in [-0.3, -0.25) is 10.00 Å². The molecule has 0 aromatic carbocycles. The summed E-state index contributed by atoms with van der Waals surface area (Å²) in [5.74, 6) is 0.654. The zero-order valence-corrected chi connectivity index (χ0v) is 7.66. The summed E-state index contributed by atoms with van der Waals surface area (Å²) in [5, 5.41) is 6.46. The highest BCUT2D eigenvalue weighted by molar-refractivity contribution is 5.89. The first-order valence-electron chi connectivity index (χ1n) is 4.32. The number of anilines is 1. The van der Waals surface area contributed by atoms with E-state index in [1.165, 1.54) is 4.90 Å². The normalized spacial score (nSPS) is 9.92. The van der Waals surface area contributed by atoms with E-state index in [0.717, 1.165) is 12.8 Å². The number of hydrogen-bond donors (Lipinski definition) is 2. The van der Waals surface area contributed by atoms with E-state index in [4.69, 9.17) is 5.73 Å². The van der Waals surface area contributed by atoms with Gasteiger partial charge in [-0.2, -0.15) is 5.10 Å². The van der Waals surface area contributed by atoms with Crippen LogP contribution in [0.4, 0.5) is 10.6 Å². The van der Waals surface area contributed by atoms with Crippen LogP contribution < -0.4 is 10.6 Å². The summed E-state index contributed by atoms with van der Waals surface area (Å²) in [7, 11) is 0. The van der Waals surface area contributed by atoms with E-state index in [0.29, 0.717) is 12.4 Å². The first-order chi connectivity index (χ1) is 6.25. The van der Waals surface area contributed by atoms with Gasteiger partial charge >= 0.3 is 6.03 Å². The van der Waals surface area contributed by atoms with Gasteiger partial charge in [0, 0.05) is 12.6 Å². The highest BCUT2D eigenvalue weighted by Gasteiger charge is 2.11. The Balaban J connectivity index is 2.63. The molecular formula is C8H14N4O. The number of H-pyrrole nitrogens is 1. The predicted octanol–water partition coefficient (Wildman–Crippen LogP) is 1.09. The Labute approximate surface area is 76.9 Å². The number of primary amides is 1. The molecule has 1 aromatic rings. The summed E-state index contributed by atoms with van der Waals surface area (Å²) in [5.41, 5.74) is 5.21. The van der Waals surface area contributed by atoms with Crippen LogP contribution in [0, 0.1) is 0 Å². The van der Waals surface area contributed by atoms with Crippen molar-refractivity contribution in [3.63, 3.8) is 0 Å². The molecule has 0 unspecified atom stereocenters. The topological polar surface area (TPSA) is 75.0 Å². The molecule has 0 spiro atoms. The lowest BCUT2D eigenvalue weighted by atomic mass is 10.3. The zero-order chi connectivity index (χ0) is 9.68. The van der Waals surface area contributed by atoms with Gasteiger partial charge in [0.1, 0.15) is 5.82 Å². The molecule has 72 valence electrons. The second kappa shape index (κ2) is 4.49. The molecule has 13 heavy (non-hydrogen) atoms. The number of carbonyl (C=O) groups excluding carboxylic acids is 1. The van der Waals surface area contributed by atoms with Crippen molar-refractivity contribution in [3.05, 3.63) is 12.3 Å². The van der Waals surface area contributed by atoms with Gasteiger partial charge in [-0.25, -0.2) is 4.79 Å². The number of amides is 2. The molecule has 0 aliphatic heterocycles. The Morgan fingerprint density at radius 2 is 2.54 bits per heavy atom. The fourth-order valence-electron chi connectivity index (χ4n) is 1.06. The molecule has 0 saturated carbocycles. The second-order valence-electron chi connectivity index (χ2n) is 2.79. The maximum Gasteiger partial charge on any atom is 0.320 e. The third-order valence-corrected chi connectivity index (χ3v) is 1.78. The lowest BCUT2D eigenvalue weighted by Gasteiger charge is -2.17. The highest BCUT2D eigenvalue weighted by Crippen LogP contribution is 2.09. The van der Waals surface area contributed by atoms with Crippen LogP contribution in [-0.4, -0.2) is 22.8 Å². The zero-order valence-electron chi connectivity index (χ0n) is 7.66. The molecule has 0 radical (unpaired) electrons. The molecule has 0 aliphatic rings. The van der Waals surface area contributed by atoms with Crippen LogP contribution in [0.5, 0.6) is 0 Å². The molecule has 1 rings (SSSR count). The molecule has 1 heterocycles. The maximum absolute atomic E-state index is 11.0. The van der Waals surface area contributed by atoms with E-state index in [-0.39, 0.29) is 0 Å². The number of nitrogens with two attached hydrogens (primary N) is 1. The largest absolute Gasteiger partial charge is 0.351 e. The third kappa shape index (κ3) is 2.47. The van der Waals surface area contributed by atoms with Crippen LogP contribution in [0.25, 0.3) is 0 Å². The molecule has 0 fully saturated rings. The average Bonchev–Trinajstić information content (AvgIpc) is 2.57. The number of nitrogens with one attached hydrogen (secondary N) is 1. The highest BCUT2D eigenvalue weighted by atomic mass is 16.2. The van der Waals surface area contributed by atoms with E-state index >= 15 is 0 Å². The van der Waals surface area contributed by atoms with Crippen LogP contribution >= 0.6 is 0 Å². The van der Waals surface area contributed by atoms with E-state index < -0.39 is 6.03 Å². The number of rotatable bonds is 4. The van der Waals surface area contributed by atoms with Gasteiger partial charge in [-0.15, -0.1) is 0 Å². The van der Waals surface area contributed by atoms with Gasteiger partial charge in [0.25, 0.3) is 0 Å². The summed E-state index contributed by atoms with van der Waals surface area (Å²) in [6.45, 7) is 2.69. The van der Waals surface area contributed by atoms with Crippen molar-refractivity contribution in [2.24, 2.45) is 5.73 Å². The van der Waals surface area contributed by atoms with Crippen LogP contribution in [-0.2, 0) is 0 Å². The summed E-state index contributed by atoms with van der Waals surface area (Å²) < 4.78 is 0. The molecule has 1 aromatic heterocycles. The Morgan fingerprint density at radius 3 is 3.00 bits per heavy atom. The SMILES string of the molecule is CCCCN(C(N)=O)c1ccn[nH]1. The van der Waals surface area contributed by atoms with Crippen molar-refractivity contribution in [1.82, 2.24) is 10.2 Å². The molecule has 3 N–H and O–H groups in total. The molecule has 2 amide bonds. The Kier molecular flexibility index (Phi) is 3.31. The van der Waals surface area contributed by atoms with Gasteiger partial charge in [0.15, 0.2) is 0 Å². The standard InChI is InChI=1S/C8H14N4O/c1-2-3-6-12(8(9)13)7-4-5-10-11-7/h4-5H,2-3,6H2,1H3,(H2,9,13)(H,10,11). The monoisotopic (exact) mass is 182 g/mol. The first-order valence-corrected chi connectivity index (χ1v) is 4.32. The van der Waals surface area contributed by atoms with E-state index in [1.54, 1.807) is 12.3 Å². The van der Waals surface area contributed by atoms with Crippen molar-refractivity contribution >= 4 is 11.8 Å². The molecule has 0 aliphatic carbocycles. The van der Waals surface area contributed by atoms with Crippen molar-refractivity contribution in [1.29, 1.82) is 0 Å². The fraction of sp³-hybridized carbons (Fsp3) is 0.500. The van der Waals surface area contributed by atoms with Gasteiger partial charge in [-0.05, 0) is 6.42 Å². The number of nitrogens with zero attached hydrogens (tertiary/aromatic N) is 2. The number of unbranched alkanes of at least 4 members (excludes halogenated alkanes) is 1. The molecule has 0 atom stereocenters. The Morgan fingerprint density at radius 1 is 1.77 bits per heavy atom. The molecular weight excluding hydrogens is 168 g/mol. The lowest BCUT2D eigenvalue weighted by Crippen LogP contribution is -2.36. The Hall–Kier alpha value is -1.52. The maximum atomic E-state index is 11.0. The number of carbonyl (C=O) groups is 1. The number of urea groups is 1. The fourth-order valence-corrected chi connectivity index (χ4v) is 1.06. The minimum Gasteiger partial charge on any atom is -0.351 e. The number of hydrogen-bond acceptors (Lipinski definition) is 2.